The predicted molar refractivity (Wildman–Crippen MR) is 83.3 cm³/mol. The number of aliphatic carboxylic acids is 1. The molecule has 1 aliphatic rings. The van der Waals surface area contributed by atoms with Crippen LogP contribution in [-0.2, 0) is 4.79 Å². The van der Waals surface area contributed by atoms with Crippen LogP contribution in [0.15, 0.2) is 18.2 Å². The first kappa shape index (κ1) is 16.9. The summed E-state index contributed by atoms with van der Waals surface area (Å²) in [6.45, 7) is 1.73. The third-order valence-corrected chi connectivity index (χ3v) is 4.45. The Morgan fingerprint density at radius 1 is 1.30 bits per heavy atom. The van der Waals surface area contributed by atoms with Crippen molar-refractivity contribution in [2.45, 2.75) is 39.0 Å². The van der Waals surface area contributed by atoms with Crippen LogP contribution in [-0.4, -0.2) is 28.5 Å². The third kappa shape index (κ3) is 3.67. The van der Waals surface area contributed by atoms with Crippen LogP contribution < -0.4 is 5.32 Å². The summed E-state index contributed by atoms with van der Waals surface area (Å²) in [6.07, 6.45) is 3.64. The summed E-state index contributed by atoms with van der Waals surface area (Å²) < 4.78 is 0. The molecule has 1 aliphatic carbocycles. The van der Waals surface area contributed by atoms with Gasteiger partial charge in [-0.05, 0) is 31.4 Å². The summed E-state index contributed by atoms with van der Waals surface area (Å²) in [5.41, 5.74) is -0.550. The molecule has 1 aromatic carbocycles. The van der Waals surface area contributed by atoms with E-state index in [0.717, 1.165) is 24.8 Å². The number of rotatable bonds is 5. The Morgan fingerprint density at radius 3 is 2.52 bits per heavy atom. The largest absolute Gasteiger partial charge is 0.481 e. The number of nitrogens with one attached hydrogen (secondary N) is 1. The zero-order valence-corrected chi connectivity index (χ0v) is 13.0. The average Bonchev–Trinajstić information content (AvgIpc) is 2.53. The Balaban J connectivity index is 2.17. The van der Waals surface area contributed by atoms with Gasteiger partial charge in [0.05, 0.1) is 10.3 Å². The van der Waals surface area contributed by atoms with Crippen molar-refractivity contribution in [1.82, 2.24) is 5.32 Å². The summed E-state index contributed by atoms with van der Waals surface area (Å²) in [7, 11) is 0. The van der Waals surface area contributed by atoms with Crippen LogP contribution in [0.5, 0.6) is 0 Å². The number of carbonyl (C=O) groups excluding carboxylic acids is 1. The lowest BCUT2D eigenvalue weighted by Crippen LogP contribution is -2.44. The van der Waals surface area contributed by atoms with E-state index < -0.39 is 22.2 Å². The average molecular weight is 320 g/mol. The van der Waals surface area contributed by atoms with E-state index in [0.29, 0.717) is 12.8 Å². The SMILES string of the molecule is Cc1ccc([N+](=O)[O-])c(C(=O)NCC2(C(=O)O)CCCCC2)c1. The second-order valence-electron chi connectivity index (χ2n) is 6.11. The van der Waals surface area contributed by atoms with Crippen molar-refractivity contribution in [1.29, 1.82) is 0 Å². The number of hydrogen-bond acceptors (Lipinski definition) is 4. The van der Waals surface area contributed by atoms with E-state index in [-0.39, 0.29) is 17.8 Å². The van der Waals surface area contributed by atoms with E-state index >= 15 is 0 Å². The van der Waals surface area contributed by atoms with Crippen LogP contribution in [0, 0.1) is 22.5 Å². The maximum atomic E-state index is 12.3. The molecule has 1 amide bonds. The molecule has 23 heavy (non-hydrogen) atoms. The molecule has 0 radical (unpaired) electrons. The summed E-state index contributed by atoms with van der Waals surface area (Å²) in [4.78, 5) is 34.4. The van der Waals surface area contributed by atoms with E-state index in [9.17, 15) is 24.8 Å². The molecule has 0 bridgehead atoms. The zero-order chi connectivity index (χ0) is 17.0. The fourth-order valence-electron chi connectivity index (χ4n) is 3.03. The van der Waals surface area contributed by atoms with Gasteiger partial charge >= 0.3 is 5.97 Å². The molecule has 1 saturated carbocycles. The van der Waals surface area contributed by atoms with Crippen molar-refractivity contribution in [3.8, 4) is 0 Å². The summed E-state index contributed by atoms with van der Waals surface area (Å²) in [5, 5.41) is 23.1. The molecule has 0 aromatic heterocycles. The molecule has 0 saturated heterocycles. The molecule has 7 heteroatoms. The summed E-state index contributed by atoms with van der Waals surface area (Å²) in [5.74, 6) is -1.53. The van der Waals surface area contributed by atoms with Gasteiger partial charge in [-0.1, -0.05) is 25.3 Å². The van der Waals surface area contributed by atoms with Crippen LogP contribution in [0.25, 0.3) is 0 Å². The van der Waals surface area contributed by atoms with Crippen molar-refractivity contribution in [2.24, 2.45) is 5.41 Å². The monoisotopic (exact) mass is 320 g/mol. The molecular formula is C16H20N2O5. The Hall–Kier alpha value is -2.44. The van der Waals surface area contributed by atoms with E-state index in [2.05, 4.69) is 5.32 Å². The van der Waals surface area contributed by atoms with Gasteiger partial charge in [-0.15, -0.1) is 0 Å². The highest BCUT2D eigenvalue weighted by atomic mass is 16.6. The number of nitro groups is 1. The quantitative estimate of drug-likeness (QED) is 0.640. The van der Waals surface area contributed by atoms with Gasteiger partial charge in [0.1, 0.15) is 5.56 Å². The highest BCUT2D eigenvalue weighted by Crippen LogP contribution is 2.36. The molecule has 0 heterocycles. The molecule has 7 nitrogen and oxygen atoms in total. The lowest BCUT2D eigenvalue weighted by atomic mass is 9.74. The number of nitro benzene ring substituents is 1. The molecule has 0 atom stereocenters. The minimum atomic E-state index is -0.966. The Kier molecular flexibility index (Phi) is 4.98. The number of hydrogen-bond donors (Lipinski definition) is 2. The van der Waals surface area contributed by atoms with Gasteiger partial charge in [0.25, 0.3) is 11.6 Å². The van der Waals surface area contributed by atoms with Crippen molar-refractivity contribution in [2.75, 3.05) is 6.54 Å². The third-order valence-electron chi connectivity index (χ3n) is 4.45. The van der Waals surface area contributed by atoms with Gasteiger partial charge < -0.3 is 10.4 Å². The van der Waals surface area contributed by atoms with Crippen molar-refractivity contribution < 1.29 is 19.6 Å². The minimum absolute atomic E-state index is 0.00768. The first-order valence-corrected chi connectivity index (χ1v) is 7.62. The van der Waals surface area contributed by atoms with E-state index in [1.165, 1.54) is 12.1 Å². The molecule has 1 aromatic rings. The fraction of sp³-hybridized carbons (Fsp3) is 0.500. The number of benzene rings is 1. The molecular weight excluding hydrogens is 300 g/mol. The van der Waals surface area contributed by atoms with Gasteiger partial charge in [-0.2, -0.15) is 0 Å². The highest BCUT2D eigenvalue weighted by Gasteiger charge is 2.40. The number of aryl methyl sites for hydroxylation is 1. The van der Waals surface area contributed by atoms with Crippen LogP contribution in [0.3, 0.4) is 0 Å². The summed E-state index contributed by atoms with van der Waals surface area (Å²) >= 11 is 0. The van der Waals surface area contributed by atoms with Crippen LogP contribution in [0.1, 0.15) is 48.0 Å². The van der Waals surface area contributed by atoms with Crippen LogP contribution in [0.2, 0.25) is 0 Å². The second-order valence-corrected chi connectivity index (χ2v) is 6.11. The molecule has 2 rings (SSSR count). The summed E-state index contributed by atoms with van der Waals surface area (Å²) in [6, 6.07) is 4.30. The standard InChI is InChI=1S/C16H20N2O5/c1-11-5-6-13(18(22)23)12(9-11)14(19)17-10-16(15(20)21)7-3-2-4-8-16/h5-6,9H,2-4,7-8,10H2,1H3,(H,17,19)(H,20,21). The number of carboxylic acid groups (broad SMARTS) is 1. The zero-order valence-electron chi connectivity index (χ0n) is 13.0. The topological polar surface area (TPSA) is 110 Å². The minimum Gasteiger partial charge on any atom is -0.481 e. The van der Waals surface area contributed by atoms with E-state index in [4.69, 9.17) is 0 Å². The maximum absolute atomic E-state index is 12.3. The number of amides is 1. The van der Waals surface area contributed by atoms with Crippen molar-refractivity contribution in [3.05, 3.63) is 39.4 Å². The number of carbonyl (C=O) groups is 2. The maximum Gasteiger partial charge on any atom is 0.311 e. The number of nitrogens with zero attached hydrogens (tertiary/aromatic N) is 1. The van der Waals surface area contributed by atoms with Crippen molar-refractivity contribution in [3.63, 3.8) is 0 Å². The lowest BCUT2D eigenvalue weighted by Gasteiger charge is -2.33. The second kappa shape index (κ2) is 6.76. The van der Waals surface area contributed by atoms with Crippen molar-refractivity contribution >= 4 is 17.6 Å². The molecule has 1 fully saturated rings. The van der Waals surface area contributed by atoms with E-state index in [1.807, 2.05) is 0 Å². The molecule has 124 valence electrons. The van der Waals surface area contributed by atoms with Gasteiger partial charge in [0, 0.05) is 12.6 Å². The molecule has 0 spiro atoms. The molecule has 0 unspecified atom stereocenters. The molecule has 2 N–H and O–H groups in total. The lowest BCUT2D eigenvalue weighted by molar-refractivity contribution is -0.385. The van der Waals surface area contributed by atoms with Gasteiger partial charge in [0.2, 0.25) is 0 Å². The first-order chi connectivity index (χ1) is 10.9. The first-order valence-electron chi connectivity index (χ1n) is 7.62. The van der Waals surface area contributed by atoms with Gasteiger partial charge in [-0.3, -0.25) is 19.7 Å². The Labute approximate surface area is 133 Å². The predicted octanol–water partition coefficient (Wildman–Crippen LogP) is 2.67. The fourth-order valence-corrected chi connectivity index (χ4v) is 3.03. The Bertz CT molecular complexity index is 635. The Morgan fingerprint density at radius 2 is 1.96 bits per heavy atom. The normalized spacial score (nSPS) is 16.6. The van der Waals surface area contributed by atoms with Crippen LogP contribution in [0.4, 0.5) is 5.69 Å². The van der Waals surface area contributed by atoms with Gasteiger partial charge in [0.15, 0.2) is 0 Å². The molecule has 0 aliphatic heterocycles. The van der Waals surface area contributed by atoms with E-state index in [1.54, 1.807) is 13.0 Å². The highest BCUT2D eigenvalue weighted by molar-refractivity contribution is 5.98. The van der Waals surface area contributed by atoms with Gasteiger partial charge in [-0.25, -0.2) is 0 Å². The van der Waals surface area contributed by atoms with Crippen LogP contribution >= 0.6 is 0 Å². The number of carboxylic acids is 1. The smallest absolute Gasteiger partial charge is 0.311 e.